The first-order valence-corrected chi connectivity index (χ1v) is 12.7. The second kappa shape index (κ2) is 10.4. The lowest BCUT2D eigenvalue weighted by atomic mass is 10.0. The predicted octanol–water partition coefficient (Wildman–Crippen LogP) is -3.27. The molecule has 35 heavy (non-hydrogen) atoms. The third-order valence-corrected chi connectivity index (χ3v) is 7.54. The number of nitrogen functional groups attached to an aromatic ring is 1. The average Bonchev–Trinajstić information content (AvgIpc) is 3.02. The number of hydrogen-bond donors (Lipinski definition) is 7. The molecule has 0 aliphatic carbocycles. The minimum Gasteiger partial charge on any atom is -0.387 e. The SMILES string of the molecule is CC1OC(OP(=O)(O)OP(=O)(O)OCC2OC(n3ccc(N)nc3=O)C(O)C2O)C(O)C(O)C1=O. The van der Waals surface area contributed by atoms with Crippen molar-refractivity contribution >= 4 is 27.2 Å². The largest absolute Gasteiger partial charge is 0.483 e. The number of nitrogens with zero attached hydrogens (tertiary/aromatic N) is 2. The van der Waals surface area contributed by atoms with Crippen molar-refractivity contribution < 1.29 is 67.0 Å². The molecule has 3 heterocycles. The fraction of sp³-hybridized carbons (Fsp3) is 0.667. The van der Waals surface area contributed by atoms with E-state index in [0.29, 0.717) is 0 Å². The third-order valence-electron chi connectivity index (χ3n) is 4.94. The maximum absolute atomic E-state index is 12.1. The maximum Gasteiger partial charge on any atom is 0.483 e. The summed E-state index contributed by atoms with van der Waals surface area (Å²) in [4.78, 5) is 46.4. The van der Waals surface area contributed by atoms with Gasteiger partial charge in [-0.3, -0.25) is 18.4 Å². The Bertz CT molecular complexity index is 1100. The molecule has 0 saturated carbocycles. The van der Waals surface area contributed by atoms with Gasteiger partial charge >= 0.3 is 21.3 Å². The summed E-state index contributed by atoms with van der Waals surface area (Å²) >= 11 is 0. The molecule has 3 rings (SSSR count). The Labute approximate surface area is 195 Å². The number of phosphoric ester groups is 2. The molecule has 0 aromatic carbocycles. The number of carbonyl (C=O) groups is 1. The first-order chi connectivity index (χ1) is 16.1. The number of aliphatic hydroxyl groups excluding tert-OH is 4. The molecule has 0 amide bonds. The van der Waals surface area contributed by atoms with Crippen LogP contribution in [0.4, 0.5) is 5.82 Å². The number of phosphoric acid groups is 2. The highest BCUT2D eigenvalue weighted by atomic mass is 31.3. The van der Waals surface area contributed by atoms with Gasteiger partial charge in [0.05, 0.1) is 6.61 Å². The van der Waals surface area contributed by atoms with Gasteiger partial charge in [0, 0.05) is 6.20 Å². The normalized spacial score (nSPS) is 37.1. The van der Waals surface area contributed by atoms with Crippen molar-refractivity contribution in [2.24, 2.45) is 0 Å². The van der Waals surface area contributed by atoms with Gasteiger partial charge in [0.2, 0.25) is 0 Å². The van der Waals surface area contributed by atoms with Crippen LogP contribution in [0.15, 0.2) is 17.1 Å². The highest BCUT2D eigenvalue weighted by Gasteiger charge is 2.49. The van der Waals surface area contributed by atoms with Gasteiger partial charge in [0.1, 0.15) is 42.4 Å². The smallest absolute Gasteiger partial charge is 0.387 e. The van der Waals surface area contributed by atoms with Crippen LogP contribution in [-0.4, -0.2) is 95.1 Å². The van der Waals surface area contributed by atoms with Crippen LogP contribution in [0.5, 0.6) is 0 Å². The first kappa shape index (κ1) is 27.9. The summed E-state index contributed by atoms with van der Waals surface area (Å²) < 4.78 is 48.2. The van der Waals surface area contributed by atoms with Crippen molar-refractivity contribution in [1.29, 1.82) is 0 Å². The van der Waals surface area contributed by atoms with Crippen LogP contribution in [0.2, 0.25) is 0 Å². The number of carbonyl (C=O) groups excluding carboxylic acids is 1. The highest BCUT2D eigenvalue weighted by molar-refractivity contribution is 7.61. The number of rotatable bonds is 8. The van der Waals surface area contributed by atoms with Crippen LogP contribution in [0.3, 0.4) is 0 Å². The lowest BCUT2D eigenvalue weighted by molar-refractivity contribution is -0.226. The Hall–Kier alpha value is -1.63. The van der Waals surface area contributed by atoms with Crippen molar-refractivity contribution in [3.63, 3.8) is 0 Å². The standard InChI is InChI=1S/C15H23N3O15P2/c1-5-8(19)10(21)12(23)14(30-5)32-35(27,28)33-34(25,26)29-4-6-9(20)11(22)13(31-6)18-3-2-7(16)17-15(18)24/h2-3,5-6,9-14,20-23H,4H2,1H3,(H,25,26)(H,27,28)(H2,16,17,24). The number of aliphatic hydroxyl groups is 4. The molecule has 2 saturated heterocycles. The minimum atomic E-state index is -5.52. The molecular weight excluding hydrogens is 524 g/mol. The Balaban J connectivity index is 1.61. The molecule has 198 valence electrons. The summed E-state index contributed by atoms with van der Waals surface area (Å²) in [5, 5.41) is 39.7. The Morgan fingerprint density at radius 1 is 1.09 bits per heavy atom. The quantitative estimate of drug-likeness (QED) is 0.157. The molecule has 20 heteroatoms. The Kier molecular flexibility index (Phi) is 8.30. The maximum atomic E-state index is 12.1. The zero-order valence-electron chi connectivity index (χ0n) is 17.7. The number of anilines is 1. The van der Waals surface area contributed by atoms with Gasteiger partial charge in [-0.25, -0.2) is 13.9 Å². The van der Waals surface area contributed by atoms with Gasteiger partial charge in [-0.15, -0.1) is 0 Å². The van der Waals surface area contributed by atoms with E-state index >= 15 is 0 Å². The molecule has 1 aromatic heterocycles. The fourth-order valence-electron chi connectivity index (χ4n) is 3.18. The summed E-state index contributed by atoms with van der Waals surface area (Å²) in [6.45, 7) is 0.173. The Morgan fingerprint density at radius 3 is 2.37 bits per heavy atom. The monoisotopic (exact) mass is 547 g/mol. The van der Waals surface area contributed by atoms with Gasteiger partial charge in [0.15, 0.2) is 18.3 Å². The molecule has 1 aromatic rings. The molecule has 10 atom stereocenters. The van der Waals surface area contributed by atoms with Gasteiger partial charge in [0.25, 0.3) is 0 Å². The molecule has 0 spiro atoms. The molecule has 10 unspecified atom stereocenters. The van der Waals surface area contributed by atoms with Crippen molar-refractivity contribution in [2.75, 3.05) is 12.3 Å². The molecule has 2 aliphatic rings. The van der Waals surface area contributed by atoms with E-state index in [0.717, 1.165) is 17.7 Å². The predicted molar refractivity (Wildman–Crippen MR) is 108 cm³/mol. The van der Waals surface area contributed by atoms with Crippen molar-refractivity contribution in [2.45, 2.75) is 56.1 Å². The van der Waals surface area contributed by atoms with Crippen LogP contribution in [0, 0.1) is 0 Å². The molecule has 18 nitrogen and oxygen atoms in total. The van der Waals surface area contributed by atoms with E-state index < -0.39 is 82.9 Å². The van der Waals surface area contributed by atoms with Crippen molar-refractivity contribution in [3.05, 3.63) is 22.7 Å². The minimum absolute atomic E-state index is 0.116. The van der Waals surface area contributed by atoms with E-state index in [1.54, 1.807) is 0 Å². The van der Waals surface area contributed by atoms with Crippen LogP contribution in [0.25, 0.3) is 0 Å². The molecule has 0 bridgehead atoms. The third kappa shape index (κ3) is 6.39. The van der Waals surface area contributed by atoms with E-state index in [4.69, 9.17) is 15.2 Å². The van der Waals surface area contributed by atoms with Crippen molar-refractivity contribution in [3.8, 4) is 0 Å². The van der Waals surface area contributed by atoms with Crippen LogP contribution in [-0.2, 0) is 36.8 Å². The summed E-state index contributed by atoms with van der Waals surface area (Å²) in [7, 11) is -10.9. The summed E-state index contributed by atoms with van der Waals surface area (Å²) in [5.74, 6) is -1.05. The van der Waals surface area contributed by atoms with Gasteiger partial charge in [-0.2, -0.15) is 9.29 Å². The number of Topliss-reactive ketones (excluding diaryl/α,β-unsaturated/α-hetero) is 1. The number of aromatic nitrogens is 2. The van der Waals surface area contributed by atoms with E-state index in [1.807, 2.05) is 0 Å². The number of hydrogen-bond acceptors (Lipinski definition) is 15. The molecule has 2 aliphatic heterocycles. The summed E-state index contributed by atoms with van der Waals surface area (Å²) in [6.07, 6.45) is -12.9. The van der Waals surface area contributed by atoms with Crippen LogP contribution in [0.1, 0.15) is 13.2 Å². The summed E-state index contributed by atoms with van der Waals surface area (Å²) in [5.41, 5.74) is 4.45. The number of ketones is 1. The van der Waals surface area contributed by atoms with E-state index in [2.05, 4.69) is 18.3 Å². The number of nitrogens with two attached hydrogens (primary N) is 1. The molecule has 8 N–H and O–H groups in total. The Morgan fingerprint density at radius 2 is 1.74 bits per heavy atom. The van der Waals surface area contributed by atoms with Crippen LogP contribution >= 0.6 is 15.6 Å². The highest BCUT2D eigenvalue weighted by Crippen LogP contribution is 2.61. The fourth-order valence-corrected chi connectivity index (χ4v) is 5.34. The molecule has 0 radical (unpaired) electrons. The van der Waals surface area contributed by atoms with E-state index in [-0.39, 0.29) is 5.82 Å². The van der Waals surface area contributed by atoms with Gasteiger partial charge in [-0.05, 0) is 13.0 Å². The summed E-state index contributed by atoms with van der Waals surface area (Å²) in [6, 6.07) is 1.21. The zero-order valence-corrected chi connectivity index (χ0v) is 19.5. The second-order valence-electron chi connectivity index (χ2n) is 7.49. The molecule has 2 fully saturated rings. The van der Waals surface area contributed by atoms with Gasteiger partial charge < -0.3 is 45.4 Å². The van der Waals surface area contributed by atoms with Gasteiger partial charge in [-0.1, -0.05) is 0 Å². The first-order valence-electron chi connectivity index (χ1n) is 9.73. The van der Waals surface area contributed by atoms with Crippen LogP contribution < -0.4 is 11.4 Å². The lowest BCUT2D eigenvalue weighted by Gasteiger charge is -2.34. The topological polar surface area (TPSA) is 280 Å². The van der Waals surface area contributed by atoms with E-state index in [1.165, 1.54) is 6.07 Å². The zero-order chi connectivity index (χ0) is 26.3. The van der Waals surface area contributed by atoms with E-state index in [9.17, 15) is 48.9 Å². The van der Waals surface area contributed by atoms with Crippen molar-refractivity contribution in [1.82, 2.24) is 9.55 Å². The lowest BCUT2D eigenvalue weighted by Crippen LogP contribution is -2.54. The average molecular weight is 547 g/mol. The number of ether oxygens (including phenoxy) is 2. The molecular formula is C15H23N3O15P2. The second-order valence-corrected chi connectivity index (χ2v) is 10.5.